The molecule has 0 saturated carbocycles. The minimum atomic E-state index is -0.801. The molecular formula is C16H26N4O4. The second-order valence-electron chi connectivity index (χ2n) is 7.08. The minimum absolute atomic E-state index is 0.0144. The first-order chi connectivity index (χ1) is 11.5. The summed E-state index contributed by atoms with van der Waals surface area (Å²) in [4.78, 5) is 40.3. The van der Waals surface area contributed by atoms with E-state index in [9.17, 15) is 19.5 Å². The van der Waals surface area contributed by atoms with Gasteiger partial charge in [0.25, 0.3) is 0 Å². The summed E-state index contributed by atoms with van der Waals surface area (Å²) in [5, 5.41) is 13.2. The number of carbonyl (C=O) groups excluding carboxylic acids is 3. The van der Waals surface area contributed by atoms with Crippen LogP contribution in [0.25, 0.3) is 0 Å². The lowest BCUT2D eigenvalue weighted by Gasteiger charge is -2.28. The third-order valence-electron chi connectivity index (χ3n) is 5.11. The lowest BCUT2D eigenvalue weighted by Crippen LogP contribution is -2.45. The highest BCUT2D eigenvalue weighted by Crippen LogP contribution is 2.25. The number of hydrogen-bond acceptors (Lipinski definition) is 5. The van der Waals surface area contributed by atoms with Crippen LogP contribution in [0.4, 0.5) is 4.79 Å². The van der Waals surface area contributed by atoms with E-state index >= 15 is 0 Å². The molecule has 3 rings (SSSR count). The summed E-state index contributed by atoms with van der Waals surface area (Å²) < 4.78 is 0. The van der Waals surface area contributed by atoms with Crippen molar-refractivity contribution >= 4 is 17.8 Å². The molecule has 0 radical (unpaired) electrons. The molecule has 134 valence electrons. The lowest BCUT2D eigenvalue weighted by atomic mass is 10.0. The Morgan fingerprint density at radius 3 is 2.62 bits per heavy atom. The summed E-state index contributed by atoms with van der Waals surface area (Å²) in [6.07, 6.45) is 3.72. The van der Waals surface area contributed by atoms with E-state index in [-0.39, 0.29) is 37.4 Å². The van der Waals surface area contributed by atoms with Crippen LogP contribution in [0.3, 0.4) is 0 Å². The molecule has 1 atom stereocenters. The topological polar surface area (TPSA) is 93.2 Å². The predicted octanol–water partition coefficient (Wildman–Crippen LogP) is -0.622. The number of imide groups is 1. The van der Waals surface area contributed by atoms with Crippen molar-refractivity contribution in [3.05, 3.63) is 0 Å². The van der Waals surface area contributed by atoms with Crippen molar-refractivity contribution in [3.63, 3.8) is 0 Å². The standard InChI is InChI=1S/C16H26N4O4/c21-13(4-3-8-20-14(22)10-17-15(20)23)19-9-5-16(24,12-19)11-18-6-1-2-7-18/h24H,1-12H2,(H,17,23)/t16-/m0/s1. The molecule has 0 bridgehead atoms. The van der Waals surface area contributed by atoms with Crippen molar-refractivity contribution < 1.29 is 19.5 Å². The van der Waals surface area contributed by atoms with Crippen LogP contribution in [0.1, 0.15) is 32.1 Å². The number of rotatable bonds is 6. The van der Waals surface area contributed by atoms with Crippen LogP contribution in [-0.2, 0) is 9.59 Å². The highest BCUT2D eigenvalue weighted by molar-refractivity contribution is 6.01. The van der Waals surface area contributed by atoms with Gasteiger partial charge in [0.15, 0.2) is 0 Å². The maximum atomic E-state index is 12.3. The Morgan fingerprint density at radius 1 is 1.21 bits per heavy atom. The number of nitrogens with one attached hydrogen (secondary N) is 1. The number of hydrogen-bond donors (Lipinski definition) is 2. The maximum Gasteiger partial charge on any atom is 0.324 e. The number of amides is 4. The average Bonchev–Trinajstić information content (AvgIpc) is 3.25. The van der Waals surface area contributed by atoms with E-state index < -0.39 is 5.60 Å². The molecule has 8 heteroatoms. The summed E-state index contributed by atoms with van der Waals surface area (Å²) in [7, 11) is 0. The quantitative estimate of drug-likeness (QED) is 0.630. The summed E-state index contributed by atoms with van der Waals surface area (Å²) in [6.45, 7) is 3.96. The van der Waals surface area contributed by atoms with E-state index in [4.69, 9.17) is 0 Å². The molecule has 3 heterocycles. The normalized spacial score (nSPS) is 28.0. The third-order valence-corrected chi connectivity index (χ3v) is 5.11. The van der Waals surface area contributed by atoms with Crippen molar-refractivity contribution in [2.45, 2.75) is 37.7 Å². The highest BCUT2D eigenvalue weighted by Gasteiger charge is 2.39. The van der Waals surface area contributed by atoms with E-state index in [2.05, 4.69) is 10.2 Å². The van der Waals surface area contributed by atoms with Crippen LogP contribution in [0, 0.1) is 0 Å². The fraction of sp³-hybridized carbons (Fsp3) is 0.812. The molecule has 2 N–H and O–H groups in total. The van der Waals surface area contributed by atoms with Gasteiger partial charge in [0.05, 0.1) is 18.7 Å². The van der Waals surface area contributed by atoms with Gasteiger partial charge in [0.2, 0.25) is 11.8 Å². The molecule has 0 unspecified atom stereocenters. The number of urea groups is 1. The van der Waals surface area contributed by atoms with Gasteiger partial charge >= 0.3 is 6.03 Å². The first-order valence-corrected chi connectivity index (χ1v) is 8.78. The summed E-state index contributed by atoms with van der Waals surface area (Å²) in [5.41, 5.74) is -0.801. The van der Waals surface area contributed by atoms with Gasteiger partial charge in [-0.1, -0.05) is 0 Å². The molecule has 4 amide bonds. The van der Waals surface area contributed by atoms with Crippen molar-refractivity contribution in [3.8, 4) is 0 Å². The van der Waals surface area contributed by atoms with Crippen LogP contribution in [0.15, 0.2) is 0 Å². The highest BCUT2D eigenvalue weighted by atomic mass is 16.3. The van der Waals surface area contributed by atoms with E-state index in [1.54, 1.807) is 4.90 Å². The van der Waals surface area contributed by atoms with Crippen LogP contribution in [0.2, 0.25) is 0 Å². The number of carbonyl (C=O) groups is 3. The molecule has 3 aliphatic heterocycles. The van der Waals surface area contributed by atoms with Gasteiger partial charge in [-0.05, 0) is 38.8 Å². The predicted molar refractivity (Wildman–Crippen MR) is 86.2 cm³/mol. The molecule has 0 aromatic heterocycles. The molecular weight excluding hydrogens is 312 g/mol. The summed E-state index contributed by atoms with van der Waals surface area (Å²) in [5.74, 6) is -0.256. The van der Waals surface area contributed by atoms with Crippen molar-refractivity contribution in [2.24, 2.45) is 0 Å². The lowest BCUT2D eigenvalue weighted by molar-refractivity contribution is -0.132. The first kappa shape index (κ1) is 17.2. The zero-order valence-corrected chi connectivity index (χ0v) is 14.0. The monoisotopic (exact) mass is 338 g/mol. The third kappa shape index (κ3) is 3.87. The molecule has 0 aliphatic carbocycles. The van der Waals surface area contributed by atoms with Gasteiger partial charge in [-0.15, -0.1) is 0 Å². The second-order valence-corrected chi connectivity index (χ2v) is 7.08. The van der Waals surface area contributed by atoms with Gasteiger partial charge in [-0.3, -0.25) is 14.5 Å². The Labute approximate surface area is 141 Å². The van der Waals surface area contributed by atoms with E-state index in [1.165, 1.54) is 12.8 Å². The molecule has 3 fully saturated rings. The Morgan fingerprint density at radius 2 is 1.96 bits per heavy atom. The largest absolute Gasteiger partial charge is 0.387 e. The van der Waals surface area contributed by atoms with E-state index in [1.807, 2.05) is 0 Å². The number of likely N-dealkylation sites (tertiary alicyclic amines) is 2. The van der Waals surface area contributed by atoms with Gasteiger partial charge < -0.3 is 20.2 Å². The van der Waals surface area contributed by atoms with Crippen molar-refractivity contribution in [1.29, 1.82) is 0 Å². The molecule has 0 aromatic carbocycles. The Kier molecular flexibility index (Phi) is 5.05. The van der Waals surface area contributed by atoms with E-state index in [0.717, 1.165) is 18.0 Å². The maximum absolute atomic E-state index is 12.3. The average molecular weight is 338 g/mol. The molecule has 24 heavy (non-hydrogen) atoms. The number of aliphatic hydroxyl groups is 1. The molecule has 3 aliphatic rings. The van der Waals surface area contributed by atoms with Crippen LogP contribution >= 0.6 is 0 Å². The van der Waals surface area contributed by atoms with Gasteiger partial charge in [0, 0.05) is 26.1 Å². The fourth-order valence-electron chi connectivity index (χ4n) is 3.78. The van der Waals surface area contributed by atoms with Crippen LogP contribution < -0.4 is 5.32 Å². The molecule has 0 aromatic rings. The Hall–Kier alpha value is -1.67. The number of nitrogens with zero attached hydrogens (tertiary/aromatic N) is 3. The number of β-amino-alcohol motifs (C(OH)–C–C–N with tert-alkyl or cyclic N) is 1. The Balaban J connectivity index is 1.41. The zero-order chi connectivity index (χ0) is 17.2. The molecule has 3 saturated heterocycles. The SMILES string of the molecule is O=C(CCCN1C(=O)CNC1=O)N1CC[C@](O)(CN2CCCC2)C1. The zero-order valence-electron chi connectivity index (χ0n) is 14.0. The van der Waals surface area contributed by atoms with Gasteiger partial charge in [0.1, 0.15) is 0 Å². The van der Waals surface area contributed by atoms with Gasteiger partial charge in [-0.25, -0.2) is 4.79 Å². The fourth-order valence-corrected chi connectivity index (χ4v) is 3.78. The van der Waals surface area contributed by atoms with E-state index in [0.29, 0.717) is 32.5 Å². The minimum Gasteiger partial charge on any atom is -0.387 e. The van der Waals surface area contributed by atoms with Crippen molar-refractivity contribution in [1.82, 2.24) is 20.0 Å². The smallest absolute Gasteiger partial charge is 0.324 e. The summed E-state index contributed by atoms with van der Waals surface area (Å²) in [6, 6.07) is -0.381. The molecule has 0 spiro atoms. The molecule has 8 nitrogen and oxygen atoms in total. The van der Waals surface area contributed by atoms with Crippen LogP contribution in [0.5, 0.6) is 0 Å². The van der Waals surface area contributed by atoms with Gasteiger partial charge in [-0.2, -0.15) is 0 Å². The Bertz CT molecular complexity index is 504. The van der Waals surface area contributed by atoms with Crippen molar-refractivity contribution in [2.75, 3.05) is 45.8 Å². The first-order valence-electron chi connectivity index (χ1n) is 8.78. The summed E-state index contributed by atoms with van der Waals surface area (Å²) >= 11 is 0. The van der Waals surface area contributed by atoms with Crippen LogP contribution in [-0.4, -0.2) is 89.1 Å². The second kappa shape index (κ2) is 7.06.